The highest BCUT2D eigenvalue weighted by atomic mass is 31.2. The van der Waals surface area contributed by atoms with E-state index in [0.717, 1.165) is 6.42 Å². The summed E-state index contributed by atoms with van der Waals surface area (Å²) in [6.45, 7) is 8.13. The molecule has 0 radical (unpaired) electrons. The Labute approximate surface area is 199 Å². The van der Waals surface area contributed by atoms with Crippen molar-refractivity contribution in [2.24, 2.45) is 0 Å². The van der Waals surface area contributed by atoms with Gasteiger partial charge in [0.1, 0.15) is 0 Å². The second-order valence-electron chi connectivity index (χ2n) is 9.85. The van der Waals surface area contributed by atoms with Gasteiger partial charge < -0.3 is 14.5 Å². The van der Waals surface area contributed by atoms with E-state index in [-0.39, 0.29) is 6.10 Å². The van der Waals surface area contributed by atoms with Gasteiger partial charge in [0.2, 0.25) is 0 Å². The molecule has 1 atom stereocenters. The molecule has 192 valence electrons. The zero-order valence-electron chi connectivity index (χ0n) is 21.5. The molecule has 0 rings (SSSR count). The number of rotatable bonds is 23. The largest absolute Gasteiger partial charge is 0.470 e. The van der Waals surface area contributed by atoms with Crippen molar-refractivity contribution < 1.29 is 23.6 Å². The highest BCUT2D eigenvalue weighted by Crippen LogP contribution is 2.42. The summed E-state index contributed by atoms with van der Waals surface area (Å²) in [5.41, 5.74) is -0.886. The Bertz CT molecular complexity index is 487. The van der Waals surface area contributed by atoms with Gasteiger partial charge in [-0.2, -0.15) is 0 Å². The van der Waals surface area contributed by atoms with Crippen molar-refractivity contribution in [1.82, 2.24) is 0 Å². The van der Waals surface area contributed by atoms with Gasteiger partial charge in [0.15, 0.2) is 0 Å². The molecule has 5 nitrogen and oxygen atoms in total. The number of unbranched alkanes of at least 4 members (excludes halogenated alkanes) is 13. The summed E-state index contributed by atoms with van der Waals surface area (Å²) in [4.78, 5) is 17.8. The van der Waals surface area contributed by atoms with Crippen molar-refractivity contribution >= 4 is 7.82 Å². The van der Waals surface area contributed by atoms with E-state index in [9.17, 15) is 4.57 Å². The standard InChI is InChI=1S/C26H53O5P/c1-5-6-7-8-9-10-11-12-13-14-15-16-17-18-19-20-21-22-25(2)30-24-23-26(3,4)31-32(27,28)29/h12-13,25H,5-11,14-24H2,1-4H3,(H2,27,28,29)/b13-12-. The fourth-order valence-electron chi connectivity index (χ4n) is 3.81. The maximum atomic E-state index is 11.0. The molecule has 0 spiro atoms. The molecule has 0 saturated carbocycles. The van der Waals surface area contributed by atoms with Crippen LogP contribution in [0.2, 0.25) is 0 Å². The van der Waals surface area contributed by atoms with Crippen LogP contribution in [0.5, 0.6) is 0 Å². The molecular formula is C26H53O5P. The van der Waals surface area contributed by atoms with Crippen molar-refractivity contribution in [2.75, 3.05) is 6.61 Å². The van der Waals surface area contributed by atoms with Gasteiger partial charge in [-0.15, -0.1) is 0 Å². The first-order valence-electron chi connectivity index (χ1n) is 13.2. The Balaban J connectivity index is 3.41. The second-order valence-corrected chi connectivity index (χ2v) is 11.0. The van der Waals surface area contributed by atoms with Crippen LogP contribution in [0, 0.1) is 0 Å². The van der Waals surface area contributed by atoms with Crippen molar-refractivity contribution in [2.45, 2.75) is 149 Å². The van der Waals surface area contributed by atoms with Gasteiger partial charge in [-0.25, -0.2) is 4.57 Å². The molecule has 0 aliphatic rings. The predicted molar refractivity (Wildman–Crippen MR) is 136 cm³/mol. The van der Waals surface area contributed by atoms with Crippen molar-refractivity contribution in [3.05, 3.63) is 12.2 Å². The van der Waals surface area contributed by atoms with Gasteiger partial charge in [0.05, 0.1) is 11.7 Å². The van der Waals surface area contributed by atoms with E-state index in [1.807, 2.05) is 0 Å². The van der Waals surface area contributed by atoms with Gasteiger partial charge in [0, 0.05) is 6.61 Å². The summed E-state index contributed by atoms with van der Waals surface area (Å²) >= 11 is 0. The molecule has 0 heterocycles. The minimum absolute atomic E-state index is 0.170. The number of allylic oxidation sites excluding steroid dienone is 2. The molecule has 1 unspecified atom stereocenters. The molecule has 0 amide bonds. The maximum absolute atomic E-state index is 11.0. The lowest BCUT2D eigenvalue weighted by molar-refractivity contribution is 0.00100. The minimum atomic E-state index is -4.46. The Morgan fingerprint density at radius 1 is 0.812 bits per heavy atom. The van der Waals surface area contributed by atoms with Crippen LogP contribution in [0.1, 0.15) is 137 Å². The van der Waals surface area contributed by atoms with Crippen LogP contribution < -0.4 is 0 Å². The van der Waals surface area contributed by atoms with Gasteiger partial charge in [-0.05, 0) is 59.3 Å². The second kappa shape index (κ2) is 20.2. The SMILES string of the molecule is CCCCCCCC/C=C\CCCCCCCCCC(C)OCCC(C)(C)OP(=O)(O)O. The maximum Gasteiger partial charge on any atom is 0.470 e. The van der Waals surface area contributed by atoms with Crippen LogP contribution in [0.15, 0.2) is 12.2 Å². The van der Waals surface area contributed by atoms with E-state index in [1.165, 1.54) is 96.3 Å². The fourth-order valence-corrected chi connectivity index (χ4v) is 4.55. The average Bonchev–Trinajstić information content (AvgIpc) is 2.68. The van der Waals surface area contributed by atoms with Crippen LogP contribution in [0.4, 0.5) is 0 Å². The number of ether oxygens (including phenoxy) is 1. The quantitative estimate of drug-likeness (QED) is 0.0878. The molecule has 32 heavy (non-hydrogen) atoms. The van der Waals surface area contributed by atoms with Crippen molar-refractivity contribution in [3.8, 4) is 0 Å². The number of phosphoric ester groups is 1. The van der Waals surface area contributed by atoms with Gasteiger partial charge in [-0.1, -0.05) is 89.7 Å². The average molecular weight is 477 g/mol. The summed E-state index contributed by atoms with van der Waals surface area (Å²) in [5, 5.41) is 0. The molecule has 0 aromatic rings. The van der Waals surface area contributed by atoms with E-state index in [2.05, 4.69) is 26.0 Å². The molecular weight excluding hydrogens is 423 g/mol. The number of phosphoric acid groups is 1. The zero-order chi connectivity index (χ0) is 24.1. The van der Waals surface area contributed by atoms with E-state index in [0.29, 0.717) is 13.0 Å². The van der Waals surface area contributed by atoms with E-state index in [1.54, 1.807) is 13.8 Å². The summed E-state index contributed by atoms with van der Waals surface area (Å²) in [5.74, 6) is 0. The summed E-state index contributed by atoms with van der Waals surface area (Å²) < 4.78 is 21.5. The normalized spacial score (nSPS) is 13.8. The Morgan fingerprint density at radius 3 is 1.78 bits per heavy atom. The monoisotopic (exact) mass is 476 g/mol. The lowest BCUT2D eigenvalue weighted by Gasteiger charge is -2.25. The lowest BCUT2D eigenvalue weighted by Crippen LogP contribution is -2.26. The molecule has 0 aromatic heterocycles. The van der Waals surface area contributed by atoms with Crippen LogP contribution in [0.25, 0.3) is 0 Å². The van der Waals surface area contributed by atoms with Crippen molar-refractivity contribution in [3.63, 3.8) is 0 Å². The predicted octanol–water partition coefficient (Wildman–Crippen LogP) is 8.49. The highest BCUT2D eigenvalue weighted by molar-refractivity contribution is 7.46. The highest BCUT2D eigenvalue weighted by Gasteiger charge is 2.28. The molecule has 0 bridgehead atoms. The van der Waals surface area contributed by atoms with E-state index >= 15 is 0 Å². The third-order valence-corrected chi connectivity index (χ3v) is 6.58. The third-order valence-electron chi connectivity index (χ3n) is 5.84. The van der Waals surface area contributed by atoms with Gasteiger partial charge in [-0.3, -0.25) is 4.52 Å². The number of hydrogen-bond acceptors (Lipinski definition) is 3. The Morgan fingerprint density at radius 2 is 1.28 bits per heavy atom. The minimum Gasteiger partial charge on any atom is -0.378 e. The summed E-state index contributed by atoms with van der Waals surface area (Å²) in [7, 11) is -4.46. The topological polar surface area (TPSA) is 76.0 Å². The lowest BCUT2D eigenvalue weighted by atomic mass is 10.1. The van der Waals surface area contributed by atoms with E-state index < -0.39 is 13.4 Å². The van der Waals surface area contributed by atoms with Crippen LogP contribution in [-0.2, 0) is 13.8 Å². The smallest absolute Gasteiger partial charge is 0.378 e. The van der Waals surface area contributed by atoms with Crippen LogP contribution in [0.3, 0.4) is 0 Å². The molecule has 0 aliphatic heterocycles. The zero-order valence-corrected chi connectivity index (χ0v) is 22.4. The fraction of sp³-hybridized carbons (Fsp3) is 0.923. The van der Waals surface area contributed by atoms with Crippen molar-refractivity contribution in [1.29, 1.82) is 0 Å². The summed E-state index contributed by atoms with van der Waals surface area (Å²) in [6.07, 6.45) is 26.2. The number of hydrogen-bond donors (Lipinski definition) is 2. The Kier molecular flexibility index (Phi) is 20.1. The Hall–Kier alpha value is -0.190. The first-order chi connectivity index (χ1) is 15.2. The molecule has 0 aliphatic carbocycles. The van der Waals surface area contributed by atoms with Crippen LogP contribution in [-0.4, -0.2) is 28.1 Å². The van der Waals surface area contributed by atoms with Crippen LogP contribution >= 0.6 is 7.82 Å². The molecule has 6 heteroatoms. The van der Waals surface area contributed by atoms with E-state index in [4.69, 9.17) is 19.0 Å². The summed E-state index contributed by atoms with van der Waals surface area (Å²) in [6, 6.07) is 0. The molecule has 0 aromatic carbocycles. The first-order valence-corrected chi connectivity index (χ1v) is 14.7. The van der Waals surface area contributed by atoms with Gasteiger partial charge >= 0.3 is 7.82 Å². The molecule has 0 saturated heterocycles. The van der Waals surface area contributed by atoms with Gasteiger partial charge in [0.25, 0.3) is 0 Å². The molecule has 0 fully saturated rings. The third kappa shape index (κ3) is 24.5. The first kappa shape index (κ1) is 31.8. The molecule has 2 N–H and O–H groups in total.